The lowest BCUT2D eigenvalue weighted by Gasteiger charge is -2.25. The van der Waals surface area contributed by atoms with Crippen molar-refractivity contribution < 1.29 is 0 Å². The van der Waals surface area contributed by atoms with E-state index < -0.39 is 0 Å². The monoisotopic (exact) mass is 160 g/mol. The minimum absolute atomic E-state index is 0.826. The van der Waals surface area contributed by atoms with E-state index in [1.165, 1.54) is 11.3 Å². The first-order valence-electron chi connectivity index (χ1n) is 4.12. The predicted molar refractivity (Wildman–Crippen MR) is 51.7 cm³/mol. The third-order valence-corrected chi connectivity index (χ3v) is 2.32. The van der Waals surface area contributed by atoms with E-state index in [0.29, 0.717) is 0 Å². The van der Waals surface area contributed by atoms with Crippen LogP contribution in [-0.2, 0) is 6.54 Å². The Morgan fingerprint density at radius 2 is 2.08 bits per heavy atom. The lowest BCUT2D eigenvalue weighted by atomic mass is 10.1. The second-order valence-corrected chi connectivity index (χ2v) is 3.05. The molecule has 0 radical (unpaired) electrons. The molecule has 0 aliphatic carbocycles. The van der Waals surface area contributed by atoms with Gasteiger partial charge in [0.15, 0.2) is 0 Å². The largest absolute Gasteiger partial charge is 0.333 e. The summed E-state index contributed by atoms with van der Waals surface area (Å²) in [5, 5.41) is 0. The van der Waals surface area contributed by atoms with Crippen LogP contribution >= 0.6 is 0 Å². The molecule has 0 unspecified atom stereocenters. The molecule has 2 heteroatoms. The quantitative estimate of drug-likeness (QED) is 0.567. The van der Waals surface area contributed by atoms with Crippen LogP contribution < -0.4 is 4.90 Å². The summed E-state index contributed by atoms with van der Waals surface area (Å²) >= 11 is 0. The molecule has 0 bridgehead atoms. The van der Waals surface area contributed by atoms with Gasteiger partial charge >= 0.3 is 0 Å². The summed E-state index contributed by atoms with van der Waals surface area (Å²) < 4.78 is 0. The van der Waals surface area contributed by atoms with Crippen molar-refractivity contribution >= 4 is 11.5 Å². The molecule has 1 aromatic carbocycles. The molecule has 2 nitrogen and oxygen atoms in total. The Balaban J connectivity index is 2.49. The number of hydrogen-bond donors (Lipinski definition) is 0. The molecule has 1 aliphatic heterocycles. The van der Waals surface area contributed by atoms with Crippen molar-refractivity contribution in [2.45, 2.75) is 13.5 Å². The summed E-state index contributed by atoms with van der Waals surface area (Å²) in [7, 11) is 2.05. The van der Waals surface area contributed by atoms with Gasteiger partial charge in [0.2, 0.25) is 0 Å². The number of anilines is 1. The van der Waals surface area contributed by atoms with Gasteiger partial charge in [-0.15, -0.1) is 0 Å². The molecule has 1 aromatic rings. The molecule has 0 atom stereocenters. The number of rotatable bonds is 0. The summed E-state index contributed by atoms with van der Waals surface area (Å²) in [6.45, 7) is 2.86. The van der Waals surface area contributed by atoms with E-state index in [1.807, 2.05) is 6.92 Å². The number of hydrogen-bond acceptors (Lipinski definition) is 2. The number of nitrogens with zero attached hydrogens (tertiary/aromatic N) is 2. The molecule has 0 spiro atoms. The van der Waals surface area contributed by atoms with Crippen molar-refractivity contribution in [1.29, 1.82) is 0 Å². The van der Waals surface area contributed by atoms with Crippen molar-refractivity contribution in [3.63, 3.8) is 0 Å². The summed E-state index contributed by atoms with van der Waals surface area (Å²) in [5.41, 5.74) is 2.59. The number of aliphatic imine (C=N–C) groups is 1. The second-order valence-electron chi connectivity index (χ2n) is 3.05. The second kappa shape index (κ2) is 2.63. The lowest BCUT2D eigenvalue weighted by Crippen LogP contribution is -2.27. The highest BCUT2D eigenvalue weighted by Gasteiger charge is 2.12. The maximum absolute atomic E-state index is 4.39. The molecule has 12 heavy (non-hydrogen) atoms. The zero-order chi connectivity index (χ0) is 8.55. The fraction of sp³-hybridized carbons (Fsp3) is 0.300. The van der Waals surface area contributed by atoms with Crippen molar-refractivity contribution in [3.8, 4) is 0 Å². The number of amidine groups is 1. The van der Waals surface area contributed by atoms with Crippen LogP contribution in [0.15, 0.2) is 29.3 Å². The molecule has 0 aromatic heterocycles. The molecule has 0 saturated heterocycles. The standard InChI is InChI=1S/C10H12N2/c1-8-11-7-9-5-3-4-6-10(9)12(8)2/h3-6H,7H2,1-2H3. The molecule has 2 rings (SSSR count). The maximum Gasteiger partial charge on any atom is 0.100 e. The molecule has 62 valence electrons. The summed E-state index contributed by atoms with van der Waals surface area (Å²) in [5.74, 6) is 1.09. The van der Waals surface area contributed by atoms with E-state index in [1.54, 1.807) is 0 Å². The van der Waals surface area contributed by atoms with E-state index in [0.717, 1.165) is 12.4 Å². The Hall–Kier alpha value is -1.31. The molecular weight excluding hydrogens is 148 g/mol. The molecule has 1 heterocycles. The first-order chi connectivity index (χ1) is 5.79. The molecular formula is C10H12N2. The van der Waals surface area contributed by atoms with Crippen LogP contribution in [0.2, 0.25) is 0 Å². The SMILES string of the molecule is CC1=NCc2ccccc2N1C. The highest BCUT2D eigenvalue weighted by molar-refractivity contribution is 5.97. The molecule has 0 N–H and O–H groups in total. The Kier molecular flexibility index (Phi) is 1.61. The highest BCUT2D eigenvalue weighted by atomic mass is 15.2. The minimum atomic E-state index is 0.826. The Bertz CT molecular complexity index is 328. The van der Waals surface area contributed by atoms with Crippen molar-refractivity contribution in [2.24, 2.45) is 4.99 Å². The Morgan fingerprint density at radius 1 is 1.33 bits per heavy atom. The van der Waals surface area contributed by atoms with Crippen LogP contribution in [0.1, 0.15) is 12.5 Å². The summed E-state index contributed by atoms with van der Waals surface area (Å²) in [6.07, 6.45) is 0. The van der Waals surface area contributed by atoms with Gasteiger partial charge in [-0.1, -0.05) is 18.2 Å². The van der Waals surface area contributed by atoms with E-state index in [4.69, 9.17) is 0 Å². The fourth-order valence-electron chi connectivity index (χ4n) is 1.45. The Labute approximate surface area is 72.5 Å². The zero-order valence-corrected chi connectivity index (χ0v) is 7.41. The first kappa shape index (κ1) is 7.35. The first-order valence-corrected chi connectivity index (χ1v) is 4.12. The van der Waals surface area contributed by atoms with Gasteiger partial charge in [-0.3, -0.25) is 4.99 Å². The summed E-state index contributed by atoms with van der Waals surface area (Å²) in [6, 6.07) is 8.38. The van der Waals surface area contributed by atoms with Gasteiger partial charge in [-0.25, -0.2) is 0 Å². The van der Waals surface area contributed by atoms with E-state index in [-0.39, 0.29) is 0 Å². The smallest absolute Gasteiger partial charge is 0.100 e. The third kappa shape index (κ3) is 0.998. The van der Waals surface area contributed by atoms with Crippen LogP contribution in [0, 0.1) is 0 Å². The van der Waals surface area contributed by atoms with Gasteiger partial charge in [0, 0.05) is 12.7 Å². The molecule has 0 amide bonds. The van der Waals surface area contributed by atoms with Gasteiger partial charge < -0.3 is 4.90 Å². The van der Waals surface area contributed by atoms with Gasteiger partial charge in [0.1, 0.15) is 5.84 Å². The molecule has 0 fully saturated rings. The van der Waals surface area contributed by atoms with E-state index in [9.17, 15) is 0 Å². The van der Waals surface area contributed by atoms with Crippen LogP contribution in [0.3, 0.4) is 0 Å². The fourth-order valence-corrected chi connectivity index (χ4v) is 1.45. The topological polar surface area (TPSA) is 15.6 Å². The van der Waals surface area contributed by atoms with Gasteiger partial charge in [0.05, 0.1) is 6.54 Å². The van der Waals surface area contributed by atoms with Crippen molar-refractivity contribution in [3.05, 3.63) is 29.8 Å². The van der Waals surface area contributed by atoms with Crippen LogP contribution in [0.25, 0.3) is 0 Å². The lowest BCUT2D eigenvalue weighted by molar-refractivity contribution is 0.994. The van der Waals surface area contributed by atoms with Crippen LogP contribution in [-0.4, -0.2) is 12.9 Å². The summed E-state index contributed by atoms with van der Waals surface area (Å²) in [4.78, 5) is 6.52. The average Bonchev–Trinajstić information content (AvgIpc) is 2.12. The third-order valence-electron chi connectivity index (χ3n) is 2.32. The highest BCUT2D eigenvalue weighted by Crippen LogP contribution is 2.23. The molecule has 1 aliphatic rings. The van der Waals surface area contributed by atoms with Crippen molar-refractivity contribution in [1.82, 2.24) is 0 Å². The number of fused-ring (bicyclic) bond motifs is 1. The Morgan fingerprint density at radius 3 is 2.92 bits per heavy atom. The average molecular weight is 160 g/mol. The minimum Gasteiger partial charge on any atom is -0.333 e. The van der Waals surface area contributed by atoms with E-state index >= 15 is 0 Å². The maximum atomic E-state index is 4.39. The zero-order valence-electron chi connectivity index (χ0n) is 7.41. The number of benzene rings is 1. The van der Waals surface area contributed by atoms with E-state index in [2.05, 4.69) is 41.2 Å². The van der Waals surface area contributed by atoms with Crippen molar-refractivity contribution in [2.75, 3.05) is 11.9 Å². The van der Waals surface area contributed by atoms with Crippen LogP contribution in [0.4, 0.5) is 5.69 Å². The molecule has 0 saturated carbocycles. The normalized spacial score (nSPS) is 15.5. The predicted octanol–water partition coefficient (Wildman–Crippen LogP) is 2.05. The number of para-hydroxylation sites is 1. The van der Waals surface area contributed by atoms with Gasteiger partial charge in [-0.05, 0) is 18.6 Å². The van der Waals surface area contributed by atoms with Gasteiger partial charge in [-0.2, -0.15) is 0 Å². The van der Waals surface area contributed by atoms with Crippen LogP contribution in [0.5, 0.6) is 0 Å². The van der Waals surface area contributed by atoms with Gasteiger partial charge in [0.25, 0.3) is 0 Å².